The van der Waals surface area contributed by atoms with E-state index >= 15 is 0 Å². The van der Waals surface area contributed by atoms with Gasteiger partial charge in [-0.1, -0.05) is 0 Å². The van der Waals surface area contributed by atoms with Crippen LogP contribution in [0.5, 0.6) is 0 Å². The largest absolute Gasteiger partial charge is 0.375 e. The quantitative estimate of drug-likeness (QED) is 0.731. The van der Waals surface area contributed by atoms with Crippen LogP contribution in [0.1, 0.15) is 25.7 Å². The molecule has 2 saturated heterocycles. The number of rotatable bonds is 2. The minimum absolute atomic E-state index is 0.552. The first-order valence-corrected chi connectivity index (χ1v) is 6.31. The number of nitrogens with one attached hydrogen (secondary N) is 1. The van der Waals surface area contributed by atoms with E-state index in [0.717, 1.165) is 0 Å². The molecule has 0 aromatic heterocycles. The lowest BCUT2D eigenvalue weighted by Gasteiger charge is -2.54. The van der Waals surface area contributed by atoms with Crippen molar-refractivity contribution in [3.05, 3.63) is 0 Å². The number of hydrogen-bond donors (Lipinski definition) is 1. The molecule has 1 saturated carbocycles. The van der Waals surface area contributed by atoms with Crippen molar-refractivity contribution in [2.75, 3.05) is 33.2 Å². The summed E-state index contributed by atoms with van der Waals surface area (Å²) in [6, 6.07) is 0. The highest BCUT2D eigenvalue weighted by atomic mass is 16.5. The Bertz CT molecular complexity index is 224. The molecular weight excluding hydrogens is 188 g/mol. The molecule has 2 aliphatic heterocycles. The van der Waals surface area contributed by atoms with Gasteiger partial charge in [-0.15, -0.1) is 0 Å². The highest BCUT2D eigenvalue weighted by molar-refractivity contribution is 5.03. The second kappa shape index (κ2) is 3.72. The molecule has 3 heteroatoms. The van der Waals surface area contributed by atoms with Gasteiger partial charge in [-0.3, -0.25) is 0 Å². The van der Waals surface area contributed by atoms with Crippen molar-refractivity contribution in [2.24, 2.45) is 5.41 Å². The van der Waals surface area contributed by atoms with Crippen molar-refractivity contribution in [1.29, 1.82) is 0 Å². The first kappa shape index (κ1) is 10.1. The van der Waals surface area contributed by atoms with Gasteiger partial charge in [0, 0.05) is 31.6 Å². The van der Waals surface area contributed by atoms with Crippen molar-refractivity contribution in [3.8, 4) is 0 Å². The molecule has 0 amide bonds. The van der Waals surface area contributed by atoms with E-state index in [1.807, 2.05) is 0 Å². The predicted octanol–water partition coefficient (Wildman–Crippen LogP) is 0.849. The van der Waals surface area contributed by atoms with Gasteiger partial charge in [0.1, 0.15) is 0 Å². The number of hydrogen-bond acceptors (Lipinski definition) is 3. The number of piperidine rings is 1. The van der Waals surface area contributed by atoms with E-state index in [-0.39, 0.29) is 0 Å². The summed E-state index contributed by atoms with van der Waals surface area (Å²) in [6.07, 6.45) is 6.23. The smallest absolute Gasteiger partial charge is 0.0603 e. The van der Waals surface area contributed by atoms with Crippen LogP contribution in [0.4, 0.5) is 0 Å². The van der Waals surface area contributed by atoms with E-state index < -0.39 is 0 Å². The maximum Gasteiger partial charge on any atom is 0.0603 e. The molecule has 0 unspecified atom stereocenters. The van der Waals surface area contributed by atoms with Crippen LogP contribution in [-0.2, 0) is 4.74 Å². The highest BCUT2D eigenvalue weighted by Crippen LogP contribution is 2.46. The lowest BCUT2D eigenvalue weighted by atomic mass is 9.63. The Balaban J connectivity index is 1.40. The summed E-state index contributed by atoms with van der Waals surface area (Å²) in [5, 5.41) is 3.37. The van der Waals surface area contributed by atoms with Gasteiger partial charge in [-0.2, -0.15) is 0 Å². The maximum atomic E-state index is 6.15. The van der Waals surface area contributed by atoms with Crippen LogP contribution < -0.4 is 5.32 Å². The number of likely N-dealkylation sites (tertiary alicyclic amines) is 1. The molecule has 0 bridgehead atoms. The van der Waals surface area contributed by atoms with E-state index in [1.54, 1.807) is 0 Å². The summed E-state index contributed by atoms with van der Waals surface area (Å²) >= 11 is 0. The Kier molecular flexibility index (Phi) is 2.49. The minimum atomic E-state index is 0.552. The Morgan fingerprint density at radius 3 is 2.33 bits per heavy atom. The van der Waals surface area contributed by atoms with E-state index in [2.05, 4.69) is 17.3 Å². The predicted molar refractivity (Wildman–Crippen MR) is 59.9 cm³/mol. The summed E-state index contributed by atoms with van der Waals surface area (Å²) in [4.78, 5) is 2.40. The molecular formula is C12H22N2O. The maximum absolute atomic E-state index is 6.15. The van der Waals surface area contributed by atoms with Crippen LogP contribution in [-0.4, -0.2) is 50.3 Å². The zero-order chi connectivity index (χ0) is 10.3. The average Bonchev–Trinajstić information content (AvgIpc) is 2.10. The lowest BCUT2D eigenvalue weighted by Crippen LogP contribution is -2.62. The monoisotopic (exact) mass is 210 g/mol. The zero-order valence-electron chi connectivity index (χ0n) is 9.67. The molecule has 2 heterocycles. The average molecular weight is 210 g/mol. The van der Waals surface area contributed by atoms with E-state index in [4.69, 9.17) is 4.74 Å². The van der Waals surface area contributed by atoms with Gasteiger partial charge in [-0.25, -0.2) is 0 Å². The zero-order valence-corrected chi connectivity index (χ0v) is 9.67. The van der Waals surface area contributed by atoms with Gasteiger partial charge in [0.05, 0.1) is 12.2 Å². The van der Waals surface area contributed by atoms with Gasteiger partial charge < -0.3 is 15.0 Å². The molecule has 1 aliphatic carbocycles. The SMILES string of the molecule is CN1CCC(OC2CC3(CNC3)C2)CC1. The molecule has 3 aliphatic rings. The highest BCUT2D eigenvalue weighted by Gasteiger charge is 2.49. The van der Waals surface area contributed by atoms with Crippen LogP contribution in [0.2, 0.25) is 0 Å². The summed E-state index contributed by atoms with van der Waals surface area (Å²) in [7, 11) is 2.20. The molecule has 86 valence electrons. The lowest BCUT2D eigenvalue weighted by molar-refractivity contribution is -0.140. The number of nitrogens with zero attached hydrogens (tertiary/aromatic N) is 1. The Labute approximate surface area is 92.2 Å². The first-order valence-electron chi connectivity index (χ1n) is 6.31. The Hall–Kier alpha value is -0.120. The van der Waals surface area contributed by atoms with Gasteiger partial charge >= 0.3 is 0 Å². The van der Waals surface area contributed by atoms with E-state index in [0.29, 0.717) is 17.6 Å². The third kappa shape index (κ3) is 1.93. The van der Waals surface area contributed by atoms with Crippen LogP contribution in [0, 0.1) is 5.41 Å². The Morgan fingerprint density at radius 1 is 1.13 bits per heavy atom. The molecule has 3 fully saturated rings. The summed E-state index contributed by atoms with van der Waals surface area (Å²) in [5.41, 5.74) is 0.663. The fourth-order valence-electron chi connectivity index (χ4n) is 3.16. The molecule has 1 spiro atoms. The van der Waals surface area contributed by atoms with Crippen LogP contribution in [0.25, 0.3) is 0 Å². The van der Waals surface area contributed by atoms with Crippen molar-refractivity contribution in [1.82, 2.24) is 10.2 Å². The van der Waals surface area contributed by atoms with Gasteiger partial charge in [0.2, 0.25) is 0 Å². The van der Waals surface area contributed by atoms with E-state index in [9.17, 15) is 0 Å². The molecule has 0 aromatic rings. The van der Waals surface area contributed by atoms with Gasteiger partial charge in [0.15, 0.2) is 0 Å². The standard InChI is InChI=1S/C12H22N2O/c1-14-4-2-10(3-5-14)15-11-6-12(7-11)8-13-9-12/h10-11,13H,2-9H2,1H3. The molecule has 0 radical (unpaired) electrons. The second-order valence-corrected chi connectivity index (χ2v) is 5.77. The van der Waals surface area contributed by atoms with Crippen LogP contribution in [0.3, 0.4) is 0 Å². The molecule has 3 nitrogen and oxygen atoms in total. The fraction of sp³-hybridized carbons (Fsp3) is 1.00. The summed E-state index contributed by atoms with van der Waals surface area (Å²) in [6.45, 7) is 4.90. The third-order valence-corrected chi connectivity index (χ3v) is 4.37. The van der Waals surface area contributed by atoms with Gasteiger partial charge in [-0.05, 0) is 32.7 Å². The number of ether oxygens (including phenoxy) is 1. The topological polar surface area (TPSA) is 24.5 Å². The minimum Gasteiger partial charge on any atom is -0.375 e. The first-order chi connectivity index (χ1) is 7.26. The van der Waals surface area contributed by atoms with Crippen molar-refractivity contribution in [2.45, 2.75) is 37.9 Å². The second-order valence-electron chi connectivity index (χ2n) is 5.77. The van der Waals surface area contributed by atoms with Crippen LogP contribution >= 0.6 is 0 Å². The normalized spacial score (nSPS) is 32.6. The molecule has 15 heavy (non-hydrogen) atoms. The molecule has 3 rings (SSSR count). The van der Waals surface area contributed by atoms with E-state index in [1.165, 1.54) is 51.9 Å². The fourth-order valence-corrected chi connectivity index (χ4v) is 3.16. The molecule has 1 N–H and O–H groups in total. The van der Waals surface area contributed by atoms with Gasteiger partial charge in [0.25, 0.3) is 0 Å². The van der Waals surface area contributed by atoms with Crippen molar-refractivity contribution < 1.29 is 4.74 Å². The molecule has 0 atom stereocenters. The van der Waals surface area contributed by atoms with Crippen molar-refractivity contribution >= 4 is 0 Å². The van der Waals surface area contributed by atoms with Crippen LogP contribution in [0.15, 0.2) is 0 Å². The summed E-state index contributed by atoms with van der Waals surface area (Å²) < 4.78 is 6.15. The Morgan fingerprint density at radius 2 is 1.80 bits per heavy atom. The van der Waals surface area contributed by atoms with Crippen molar-refractivity contribution in [3.63, 3.8) is 0 Å². The summed E-state index contributed by atoms with van der Waals surface area (Å²) in [5.74, 6) is 0. The third-order valence-electron chi connectivity index (χ3n) is 4.37. The molecule has 0 aromatic carbocycles.